The van der Waals surface area contributed by atoms with E-state index in [1.165, 1.54) is 0 Å². The summed E-state index contributed by atoms with van der Waals surface area (Å²) < 4.78 is 20.4. The van der Waals surface area contributed by atoms with E-state index in [2.05, 4.69) is 4.72 Å². The van der Waals surface area contributed by atoms with Gasteiger partial charge in [0.05, 0.1) is 4.75 Å². The number of hydrogen-bond acceptors (Lipinski definition) is 3. The maximum atomic E-state index is 9.19. The first-order valence-corrected chi connectivity index (χ1v) is 5.32. The largest absolute Gasteiger partial charge is 0.285 e. The fourth-order valence-corrected chi connectivity index (χ4v) is 0.919. The van der Waals surface area contributed by atoms with Crippen molar-refractivity contribution in [3.05, 3.63) is 0 Å². The molecule has 4 heteroatoms. The summed E-state index contributed by atoms with van der Waals surface area (Å²) in [5, 5.41) is 0. The molecule has 0 aliphatic rings. The van der Waals surface area contributed by atoms with Crippen molar-refractivity contribution in [1.29, 1.82) is 0 Å². The molecule has 3 nitrogen and oxygen atoms in total. The maximum absolute atomic E-state index is 9.19. The molecule has 0 amide bonds. The quantitative estimate of drug-likeness (QED) is 0.586. The molecule has 0 bridgehead atoms. The van der Waals surface area contributed by atoms with Crippen molar-refractivity contribution in [2.45, 2.75) is 39.4 Å². The van der Waals surface area contributed by atoms with Crippen LogP contribution >= 0.6 is 10.8 Å². The van der Waals surface area contributed by atoms with Crippen molar-refractivity contribution < 1.29 is 9.11 Å². The van der Waals surface area contributed by atoms with Crippen molar-refractivity contribution in [1.82, 2.24) is 4.72 Å². The summed E-state index contributed by atoms with van der Waals surface area (Å²) in [5.74, 6) is 0. The van der Waals surface area contributed by atoms with Crippen LogP contribution in [0.3, 0.4) is 0 Å². The Hall–Kier alpha value is 0.230. The van der Waals surface area contributed by atoms with Crippen LogP contribution in [0.4, 0.5) is 0 Å². The second kappa shape index (κ2) is 4.98. The van der Waals surface area contributed by atoms with E-state index in [0.29, 0.717) is 0 Å². The van der Waals surface area contributed by atoms with Crippen molar-refractivity contribution in [3.8, 4) is 0 Å². The lowest BCUT2D eigenvalue weighted by Crippen LogP contribution is -2.32. The second-order valence-electron chi connectivity index (χ2n) is 2.87. The topological polar surface area (TPSA) is 52.5 Å². The molecule has 3 N–H and O–H groups in total. The lowest BCUT2D eigenvalue weighted by Gasteiger charge is -2.43. The van der Waals surface area contributed by atoms with E-state index >= 15 is 0 Å². The van der Waals surface area contributed by atoms with Crippen LogP contribution in [-0.2, 0) is 0 Å². The number of hydrogen-bond donors (Lipinski definition) is 3. The molecule has 0 aliphatic carbocycles. The summed E-state index contributed by atoms with van der Waals surface area (Å²) in [7, 11) is -1.04. The van der Waals surface area contributed by atoms with Gasteiger partial charge in [-0.3, -0.25) is 9.11 Å². The van der Waals surface area contributed by atoms with Gasteiger partial charge in [-0.15, -0.1) is 10.8 Å². The van der Waals surface area contributed by atoms with Gasteiger partial charge in [0.25, 0.3) is 0 Å². The standard InChI is InChI=1S/C5H15NO2S.C2H6/c1-5(2,3)9(7,8)6-4;1-2/h6-8H,1-4H3;1-2H3. The normalized spacial score (nSPS) is 13.5. The molecule has 0 aliphatic heterocycles. The molecule has 0 spiro atoms. The molecule has 0 heterocycles. The molecular weight excluding hydrogens is 162 g/mol. The van der Waals surface area contributed by atoms with Crippen LogP contribution in [0.1, 0.15) is 34.6 Å². The summed E-state index contributed by atoms with van der Waals surface area (Å²) >= 11 is 0. The Morgan fingerprint density at radius 2 is 1.36 bits per heavy atom. The SMILES string of the molecule is CC.CNS(O)(O)C(C)(C)C. The highest BCUT2D eigenvalue weighted by molar-refractivity contribution is 8.23. The zero-order valence-corrected chi connectivity index (χ0v) is 9.12. The molecule has 0 aromatic heterocycles. The average molecular weight is 183 g/mol. The molecule has 0 unspecified atom stereocenters. The Balaban J connectivity index is 0. The third kappa shape index (κ3) is 4.63. The Morgan fingerprint density at radius 3 is 1.36 bits per heavy atom. The van der Waals surface area contributed by atoms with Gasteiger partial charge >= 0.3 is 0 Å². The Morgan fingerprint density at radius 1 is 1.09 bits per heavy atom. The average Bonchev–Trinajstić information content (AvgIpc) is 1.90. The van der Waals surface area contributed by atoms with Crippen molar-refractivity contribution in [2.75, 3.05) is 7.05 Å². The van der Waals surface area contributed by atoms with Crippen LogP contribution < -0.4 is 4.72 Å². The van der Waals surface area contributed by atoms with E-state index in [0.717, 1.165) is 0 Å². The van der Waals surface area contributed by atoms with Gasteiger partial charge in [-0.25, -0.2) is 4.72 Å². The molecule has 0 aromatic rings. The lowest BCUT2D eigenvalue weighted by molar-refractivity contribution is 0.440. The predicted octanol–water partition coefficient (Wildman–Crippen LogP) is 2.70. The molecule has 0 radical (unpaired) electrons. The molecule has 0 aromatic carbocycles. The molecular formula is C7H21NO2S. The lowest BCUT2D eigenvalue weighted by atomic mass is 10.3. The molecule has 0 fully saturated rings. The smallest absolute Gasteiger partial charge is 0.0662 e. The van der Waals surface area contributed by atoms with Crippen LogP contribution in [0.5, 0.6) is 0 Å². The van der Waals surface area contributed by atoms with Crippen LogP contribution in [0.2, 0.25) is 0 Å². The highest BCUT2D eigenvalue weighted by Crippen LogP contribution is 2.47. The molecule has 0 rings (SSSR count). The first kappa shape index (κ1) is 13.8. The van der Waals surface area contributed by atoms with Gasteiger partial charge in [0.1, 0.15) is 0 Å². The first-order valence-electron chi connectivity index (χ1n) is 3.77. The van der Waals surface area contributed by atoms with Crippen LogP contribution in [-0.4, -0.2) is 20.9 Å². The minimum absolute atomic E-state index is 0.470. The van der Waals surface area contributed by atoms with Crippen LogP contribution in [0, 0.1) is 0 Å². The highest BCUT2D eigenvalue weighted by atomic mass is 32.3. The van der Waals surface area contributed by atoms with E-state index in [4.69, 9.17) is 0 Å². The number of rotatable bonds is 1. The fraction of sp³-hybridized carbons (Fsp3) is 1.00. The Kier molecular flexibility index (Phi) is 6.24. The van der Waals surface area contributed by atoms with E-state index in [1.807, 2.05) is 13.8 Å². The minimum atomic E-state index is -2.59. The fourth-order valence-electron chi connectivity index (χ4n) is 0.306. The summed E-state index contributed by atoms with van der Waals surface area (Å²) in [6.45, 7) is 9.33. The maximum Gasteiger partial charge on any atom is 0.0662 e. The molecule has 72 valence electrons. The van der Waals surface area contributed by atoms with Gasteiger partial charge in [0, 0.05) is 7.05 Å². The van der Waals surface area contributed by atoms with Gasteiger partial charge < -0.3 is 0 Å². The van der Waals surface area contributed by atoms with Gasteiger partial charge in [0.15, 0.2) is 0 Å². The second-order valence-corrected chi connectivity index (χ2v) is 5.60. The van der Waals surface area contributed by atoms with E-state index in [-0.39, 0.29) is 0 Å². The van der Waals surface area contributed by atoms with Crippen molar-refractivity contribution in [2.24, 2.45) is 0 Å². The zero-order chi connectivity index (χ0) is 9.71. The molecule has 0 atom stereocenters. The molecule has 11 heavy (non-hydrogen) atoms. The van der Waals surface area contributed by atoms with E-state index < -0.39 is 15.5 Å². The summed E-state index contributed by atoms with van der Waals surface area (Å²) in [6, 6.07) is 0. The monoisotopic (exact) mass is 183 g/mol. The van der Waals surface area contributed by atoms with Gasteiger partial charge in [-0.2, -0.15) is 0 Å². The summed E-state index contributed by atoms with van der Waals surface area (Å²) in [5.41, 5.74) is 0. The molecule has 0 saturated heterocycles. The predicted molar refractivity (Wildman–Crippen MR) is 53.0 cm³/mol. The van der Waals surface area contributed by atoms with Crippen molar-refractivity contribution >= 4 is 10.8 Å². The Labute approximate surface area is 71.7 Å². The minimum Gasteiger partial charge on any atom is -0.285 e. The zero-order valence-electron chi connectivity index (χ0n) is 8.30. The van der Waals surface area contributed by atoms with Crippen LogP contribution in [0.25, 0.3) is 0 Å². The first-order chi connectivity index (χ1) is 4.81. The van der Waals surface area contributed by atoms with E-state index in [1.54, 1.807) is 27.8 Å². The summed E-state index contributed by atoms with van der Waals surface area (Å²) in [4.78, 5) is 0. The third-order valence-electron chi connectivity index (χ3n) is 1.14. The van der Waals surface area contributed by atoms with Gasteiger partial charge in [-0.1, -0.05) is 13.8 Å². The van der Waals surface area contributed by atoms with Gasteiger partial charge in [0.2, 0.25) is 0 Å². The van der Waals surface area contributed by atoms with Crippen molar-refractivity contribution in [3.63, 3.8) is 0 Å². The molecule has 0 saturated carbocycles. The highest BCUT2D eigenvalue weighted by Gasteiger charge is 2.27. The summed E-state index contributed by atoms with van der Waals surface area (Å²) in [6.07, 6.45) is 0. The number of nitrogens with one attached hydrogen (secondary N) is 1. The van der Waals surface area contributed by atoms with Gasteiger partial charge in [-0.05, 0) is 20.8 Å². The third-order valence-corrected chi connectivity index (χ3v) is 3.42. The Bertz CT molecular complexity index is 99.1. The van der Waals surface area contributed by atoms with Crippen LogP contribution in [0.15, 0.2) is 0 Å². The van der Waals surface area contributed by atoms with E-state index in [9.17, 15) is 9.11 Å².